The molecule has 0 atom stereocenters. The number of thiophene rings is 1. The minimum absolute atomic E-state index is 0.360. The number of oxime groups is 1. The van der Waals surface area contributed by atoms with Crippen LogP contribution in [0, 0.1) is 0 Å². The van der Waals surface area contributed by atoms with Crippen molar-refractivity contribution in [1.29, 1.82) is 0 Å². The van der Waals surface area contributed by atoms with Crippen LogP contribution in [-0.4, -0.2) is 36.8 Å². The van der Waals surface area contributed by atoms with E-state index in [0.29, 0.717) is 15.6 Å². The number of halogens is 1. The van der Waals surface area contributed by atoms with Gasteiger partial charge in [0.2, 0.25) is 0 Å². The number of ether oxygens (including phenoxy) is 1. The molecule has 2 aromatic carbocycles. The van der Waals surface area contributed by atoms with E-state index in [1.807, 2.05) is 43.3 Å². The van der Waals surface area contributed by atoms with E-state index in [-0.39, 0.29) is 0 Å². The first-order chi connectivity index (χ1) is 14.6. The lowest BCUT2D eigenvalue weighted by atomic mass is 10.1. The molecule has 5 nitrogen and oxygen atoms in total. The average molecular weight is 443 g/mol. The predicted octanol–water partition coefficient (Wildman–Crippen LogP) is 5.74. The van der Waals surface area contributed by atoms with Gasteiger partial charge in [0.05, 0.1) is 17.8 Å². The fraction of sp³-hybridized carbons (Fsp3) is 0.304. The highest BCUT2D eigenvalue weighted by atomic mass is 35.5. The number of likely N-dealkylation sites (tertiary alicyclic amines) is 1. The minimum atomic E-state index is -0.550. The van der Waals surface area contributed by atoms with Crippen molar-refractivity contribution in [3.05, 3.63) is 63.5 Å². The molecular formula is C23H23ClN2O3S. The van der Waals surface area contributed by atoms with E-state index in [9.17, 15) is 4.79 Å². The van der Waals surface area contributed by atoms with Gasteiger partial charge in [-0.15, -0.1) is 11.3 Å². The maximum absolute atomic E-state index is 12.5. The van der Waals surface area contributed by atoms with Gasteiger partial charge in [0, 0.05) is 22.2 Å². The highest BCUT2D eigenvalue weighted by molar-refractivity contribution is 7.21. The topological polar surface area (TPSA) is 51.1 Å². The Hall–Kier alpha value is -2.41. The van der Waals surface area contributed by atoms with Crippen molar-refractivity contribution < 1.29 is 14.4 Å². The molecule has 7 heteroatoms. The van der Waals surface area contributed by atoms with Gasteiger partial charge < -0.3 is 9.57 Å². The summed E-state index contributed by atoms with van der Waals surface area (Å²) in [7, 11) is 1.68. The van der Waals surface area contributed by atoms with Crippen molar-refractivity contribution >= 4 is 44.7 Å². The largest absolute Gasteiger partial charge is 0.496 e. The summed E-state index contributed by atoms with van der Waals surface area (Å²) in [5, 5.41) is 5.33. The first-order valence-corrected chi connectivity index (χ1v) is 11.1. The lowest BCUT2D eigenvalue weighted by Crippen LogP contribution is -2.19. The van der Waals surface area contributed by atoms with E-state index in [0.717, 1.165) is 46.6 Å². The number of rotatable bonds is 6. The van der Waals surface area contributed by atoms with Crippen LogP contribution in [0.15, 0.2) is 47.6 Å². The third kappa shape index (κ3) is 4.36. The Balaban J connectivity index is 1.52. The van der Waals surface area contributed by atoms with Gasteiger partial charge >= 0.3 is 5.97 Å². The van der Waals surface area contributed by atoms with Crippen molar-refractivity contribution in [3.63, 3.8) is 0 Å². The van der Waals surface area contributed by atoms with Crippen LogP contribution in [-0.2, 0) is 11.4 Å². The van der Waals surface area contributed by atoms with Gasteiger partial charge in [-0.3, -0.25) is 4.90 Å². The van der Waals surface area contributed by atoms with Crippen LogP contribution in [0.3, 0.4) is 0 Å². The Labute approximate surface area is 184 Å². The Morgan fingerprint density at radius 1 is 1.20 bits per heavy atom. The SMILES string of the molecule is COc1ccc(/C(C)=N\OC(=O)c2sc3ccccc3c2Cl)cc1CN1CCCC1. The highest BCUT2D eigenvalue weighted by Gasteiger charge is 2.19. The molecule has 156 valence electrons. The van der Waals surface area contributed by atoms with Crippen LogP contribution < -0.4 is 4.74 Å². The molecule has 1 aliphatic heterocycles. The van der Waals surface area contributed by atoms with Crippen LogP contribution in [0.2, 0.25) is 5.02 Å². The molecule has 4 rings (SSSR count). The molecule has 0 bridgehead atoms. The average Bonchev–Trinajstić information content (AvgIpc) is 3.40. The van der Waals surface area contributed by atoms with Crippen LogP contribution >= 0.6 is 22.9 Å². The normalized spacial score (nSPS) is 15.0. The zero-order valence-corrected chi connectivity index (χ0v) is 18.6. The number of fused-ring (bicyclic) bond motifs is 1. The Kier molecular flexibility index (Phi) is 6.37. The second-order valence-electron chi connectivity index (χ2n) is 7.31. The third-order valence-electron chi connectivity index (χ3n) is 5.28. The van der Waals surface area contributed by atoms with Crippen LogP contribution in [0.4, 0.5) is 0 Å². The quantitative estimate of drug-likeness (QED) is 0.277. The van der Waals surface area contributed by atoms with Crippen molar-refractivity contribution in [1.82, 2.24) is 4.90 Å². The molecule has 1 fully saturated rings. The molecule has 0 saturated carbocycles. The number of hydrogen-bond acceptors (Lipinski definition) is 6. The number of carbonyl (C=O) groups is 1. The molecule has 3 aromatic rings. The van der Waals surface area contributed by atoms with E-state index in [4.69, 9.17) is 21.2 Å². The van der Waals surface area contributed by atoms with Gasteiger partial charge in [-0.25, -0.2) is 4.79 Å². The first kappa shape index (κ1) is 20.8. The number of methoxy groups -OCH3 is 1. The molecule has 2 heterocycles. The molecule has 0 spiro atoms. The van der Waals surface area contributed by atoms with E-state index in [2.05, 4.69) is 16.1 Å². The Morgan fingerprint density at radius 2 is 1.97 bits per heavy atom. The van der Waals surface area contributed by atoms with Crippen molar-refractivity contribution in [2.75, 3.05) is 20.2 Å². The van der Waals surface area contributed by atoms with Gasteiger partial charge in [0.1, 0.15) is 10.6 Å². The molecule has 1 aliphatic rings. The highest BCUT2D eigenvalue weighted by Crippen LogP contribution is 2.35. The maximum atomic E-state index is 12.5. The molecule has 0 radical (unpaired) electrons. The summed E-state index contributed by atoms with van der Waals surface area (Å²) in [4.78, 5) is 20.5. The van der Waals surface area contributed by atoms with Crippen LogP contribution in [0.5, 0.6) is 5.75 Å². The molecule has 1 saturated heterocycles. The monoisotopic (exact) mass is 442 g/mol. The van der Waals surface area contributed by atoms with Gasteiger partial charge in [-0.2, -0.15) is 0 Å². The third-order valence-corrected chi connectivity index (χ3v) is 6.93. The lowest BCUT2D eigenvalue weighted by Gasteiger charge is -2.17. The Morgan fingerprint density at radius 3 is 2.70 bits per heavy atom. The standard InChI is InChI=1S/C23H23ClN2O3S/c1-15(16-9-10-19(28-2)17(13-16)14-26-11-5-6-12-26)25-29-23(27)22-21(24)18-7-3-4-8-20(18)30-22/h3-4,7-10,13H,5-6,11-12,14H2,1-2H3/b25-15-. The molecule has 0 N–H and O–H groups in total. The molecule has 0 amide bonds. The molecule has 1 aromatic heterocycles. The summed E-state index contributed by atoms with van der Waals surface area (Å²) in [6.07, 6.45) is 2.47. The maximum Gasteiger partial charge on any atom is 0.377 e. The summed E-state index contributed by atoms with van der Waals surface area (Å²) in [6.45, 7) is 4.87. The Bertz CT molecular complexity index is 1100. The van der Waals surface area contributed by atoms with Gasteiger partial charge in [0.15, 0.2) is 0 Å². The zero-order chi connectivity index (χ0) is 21.1. The summed E-state index contributed by atoms with van der Waals surface area (Å²) in [6, 6.07) is 13.5. The van der Waals surface area contributed by atoms with Crippen molar-refractivity contribution in [2.45, 2.75) is 26.3 Å². The van der Waals surface area contributed by atoms with Crippen LogP contribution in [0.25, 0.3) is 10.1 Å². The first-order valence-electron chi connectivity index (χ1n) is 9.89. The summed E-state index contributed by atoms with van der Waals surface area (Å²) >= 11 is 7.67. The molecular weight excluding hydrogens is 420 g/mol. The van der Waals surface area contributed by atoms with Gasteiger partial charge in [-0.05, 0) is 62.7 Å². The van der Waals surface area contributed by atoms with Gasteiger partial charge in [0.25, 0.3) is 0 Å². The summed E-state index contributed by atoms with van der Waals surface area (Å²) in [5.74, 6) is 0.304. The number of hydrogen-bond donors (Lipinski definition) is 0. The number of nitrogens with zero attached hydrogens (tertiary/aromatic N) is 2. The number of carbonyl (C=O) groups excluding carboxylic acids is 1. The van der Waals surface area contributed by atoms with Gasteiger partial charge in [-0.1, -0.05) is 35.0 Å². The van der Waals surface area contributed by atoms with E-state index >= 15 is 0 Å². The molecule has 30 heavy (non-hydrogen) atoms. The lowest BCUT2D eigenvalue weighted by molar-refractivity contribution is 0.0522. The predicted molar refractivity (Wildman–Crippen MR) is 122 cm³/mol. The fourth-order valence-corrected chi connectivity index (χ4v) is 5.04. The summed E-state index contributed by atoms with van der Waals surface area (Å²) in [5.41, 5.74) is 2.61. The minimum Gasteiger partial charge on any atom is -0.496 e. The zero-order valence-electron chi connectivity index (χ0n) is 17.0. The second-order valence-corrected chi connectivity index (χ2v) is 8.74. The van der Waals surface area contributed by atoms with E-state index in [1.54, 1.807) is 7.11 Å². The van der Waals surface area contributed by atoms with E-state index < -0.39 is 5.97 Å². The van der Waals surface area contributed by atoms with Crippen LogP contribution in [0.1, 0.15) is 40.6 Å². The van der Waals surface area contributed by atoms with E-state index in [1.165, 1.54) is 24.2 Å². The smallest absolute Gasteiger partial charge is 0.377 e. The molecule has 0 unspecified atom stereocenters. The van der Waals surface area contributed by atoms with Crippen molar-refractivity contribution in [2.24, 2.45) is 5.16 Å². The molecule has 0 aliphatic carbocycles. The second kappa shape index (κ2) is 9.16. The summed E-state index contributed by atoms with van der Waals surface area (Å²) < 4.78 is 6.46. The number of benzene rings is 2. The van der Waals surface area contributed by atoms with Crippen molar-refractivity contribution in [3.8, 4) is 5.75 Å². The fourth-order valence-electron chi connectivity index (χ4n) is 3.66.